The largest absolute Gasteiger partial charge is 0.395 e. The molecule has 0 saturated heterocycles. The monoisotopic (exact) mass is 262 g/mol. The van der Waals surface area contributed by atoms with Gasteiger partial charge in [0.25, 0.3) is 0 Å². The maximum absolute atomic E-state index is 9.16. The van der Waals surface area contributed by atoms with E-state index >= 15 is 0 Å². The van der Waals surface area contributed by atoms with E-state index in [4.69, 9.17) is 16.7 Å². The summed E-state index contributed by atoms with van der Waals surface area (Å²) < 4.78 is 0. The summed E-state index contributed by atoms with van der Waals surface area (Å²) in [5.41, 5.74) is 2.07. The van der Waals surface area contributed by atoms with Crippen molar-refractivity contribution in [1.82, 2.24) is 4.98 Å². The highest BCUT2D eigenvalue weighted by molar-refractivity contribution is 6.31. The van der Waals surface area contributed by atoms with Crippen LogP contribution >= 0.6 is 11.6 Å². The fraction of sp³-hybridized carbons (Fsp3) is 0.214. The molecule has 1 aromatic heterocycles. The standard InChI is InChI=1S/C14H15ClN2O/c15-14-10-16-7-6-12(14)11-17(8-9-18)13-4-2-1-3-5-13/h1-7,10,18H,8-9,11H2. The molecule has 0 saturated carbocycles. The van der Waals surface area contributed by atoms with Gasteiger partial charge in [0, 0.05) is 31.2 Å². The van der Waals surface area contributed by atoms with Gasteiger partial charge in [-0.3, -0.25) is 4.98 Å². The van der Waals surface area contributed by atoms with Gasteiger partial charge in [0.2, 0.25) is 0 Å². The maximum atomic E-state index is 9.16. The number of anilines is 1. The first kappa shape index (κ1) is 12.9. The molecule has 0 atom stereocenters. The van der Waals surface area contributed by atoms with Crippen LogP contribution in [0, 0.1) is 0 Å². The smallest absolute Gasteiger partial charge is 0.0639 e. The van der Waals surface area contributed by atoms with Crippen molar-refractivity contribution in [2.45, 2.75) is 6.54 Å². The highest BCUT2D eigenvalue weighted by atomic mass is 35.5. The average Bonchev–Trinajstić information content (AvgIpc) is 2.42. The highest BCUT2D eigenvalue weighted by Crippen LogP contribution is 2.20. The van der Waals surface area contributed by atoms with Crippen LogP contribution in [0.1, 0.15) is 5.56 Å². The Hall–Kier alpha value is -1.58. The molecule has 3 nitrogen and oxygen atoms in total. The number of rotatable bonds is 5. The molecule has 0 unspecified atom stereocenters. The molecule has 1 aromatic carbocycles. The Morgan fingerprint density at radius 3 is 2.61 bits per heavy atom. The van der Waals surface area contributed by atoms with Crippen LogP contribution in [0.2, 0.25) is 5.02 Å². The maximum Gasteiger partial charge on any atom is 0.0639 e. The second kappa shape index (κ2) is 6.38. The number of pyridine rings is 1. The van der Waals surface area contributed by atoms with Crippen molar-refractivity contribution in [1.29, 1.82) is 0 Å². The number of hydrogen-bond donors (Lipinski definition) is 1. The minimum absolute atomic E-state index is 0.109. The van der Waals surface area contributed by atoms with E-state index < -0.39 is 0 Å². The lowest BCUT2D eigenvalue weighted by atomic mass is 10.2. The molecule has 2 rings (SSSR count). The normalized spacial score (nSPS) is 10.3. The van der Waals surface area contributed by atoms with Crippen molar-refractivity contribution in [2.75, 3.05) is 18.1 Å². The summed E-state index contributed by atoms with van der Waals surface area (Å²) in [6.45, 7) is 1.34. The topological polar surface area (TPSA) is 36.4 Å². The molecule has 1 N–H and O–H groups in total. The summed E-state index contributed by atoms with van der Waals surface area (Å²) in [7, 11) is 0. The van der Waals surface area contributed by atoms with E-state index in [-0.39, 0.29) is 6.61 Å². The molecule has 18 heavy (non-hydrogen) atoms. The Labute approximate surface area is 112 Å². The Bertz CT molecular complexity index is 490. The Kier molecular flexibility index (Phi) is 4.56. The Balaban J connectivity index is 2.19. The van der Waals surface area contributed by atoms with Crippen molar-refractivity contribution < 1.29 is 5.11 Å². The summed E-state index contributed by atoms with van der Waals surface area (Å²) in [6.07, 6.45) is 3.36. The van der Waals surface area contributed by atoms with E-state index in [1.165, 1.54) is 0 Å². The summed E-state index contributed by atoms with van der Waals surface area (Å²) >= 11 is 6.10. The number of hydrogen-bond acceptors (Lipinski definition) is 3. The van der Waals surface area contributed by atoms with E-state index in [0.29, 0.717) is 18.1 Å². The van der Waals surface area contributed by atoms with Gasteiger partial charge in [-0.15, -0.1) is 0 Å². The minimum atomic E-state index is 0.109. The Morgan fingerprint density at radius 1 is 1.17 bits per heavy atom. The molecule has 0 fully saturated rings. The molecule has 0 radical (unpaired) electrons. The number of aliphatic hydroxyl groups is 1. The fourth-order valence-corrected chi connectivity index (χ4v) is 1.98. The first-order chi connectivity index (χ1) is 8.81. The van der Waals surface area contributed by atoms with Crippen LogP contribution in [-0.2, 0) is 6.54 Å². The quantitative estimate of drug-likeness (QED) is 0.900. The summed E-state index contributed by atoms with van der Waals surface area (Å²) in [6, 6.07) is 11.9. The van der Waals surface area contributed by atoms with Crippen LogP contribution in [0.5, 0.6) is 0 Å². The molecule has 94 valence electrons. The number of nitrogens with zero attached hydrogens (tertiary/aromatic N) is 2. The lowest BCUT2D eigenvalue weighted by molar-refractivity contribution is 0.301. The third-order valence-electron chi connectivity index (χ3n) is 2.71. The second-order valence-electron chi connectivity index (χ2n) is 3.95. The fourth-order valence-electron chi connectivity index (χ4n) is 1.80. The van der Waals surface area contributed by atoms with E-state index in [1.807, 2.05) is 36.4 Å². The van der Waals surface area contributed by atoms with Crippen LogP contribution in [0.3, 0.4) is 0 Å². The molecule has 0 aliphatic heterocycles. The number of aromatic nitrogens is 1. The predicted octanol–water partition coefficient (Wildman–Crippen LogP) is 2.73. The molecule has 0 spiro atoms. The van der Waals surface area contributed by atoms with Gasteiger partial charge in [0.15, 0.2) is 0 Å². The van der Waals surface area contributed by atoms with E-state index in [9.17, 15) is 0 Å². The SMILES string of the molecule is OCCN(Cc1ccncc1Cl)c1ccccc1. The summed E-state index contributed by atoms with van der Waals surface area (Å²) in [5.74, 6) is 0. The van der Waals surface area contributed by atoms with Crippen molar-refractivity contribution in [3.8, 4) is 0 Å². The van der Waals surface area contributed by atoms with Crippen LogP contribution in [0.4, 0.5) is 5.69 Å². The zero-order valence-corrected chi connectivity index (χ0v) is 10.7. The molecular formula is C14H15ClN2O. The van der Waals surface area contributed by atoms with Crippen LogP contribution in [-0.4, -0.2) is 23.2 Å². The lowest BCUT2D eigenvalue weighted by Crippen LogP contribution is -2.26. The van der Waals surface area contributed by atoms with Crippen molar-refractivity contribution in [3.63, 3.8) is 0 Å². The van der Waals surface area contributed by atoms with E-state index in [0.717, 1.165) is 11.3 Å². The molecule has 0 amide bonds. The Morgan fingerprint density at radius 2 is 1.94 bits per heavy atom. The van der Waals surface area contributed by atoms with Gasteiger partial charge in [0.1, 0.15) is 0 Å². The first-order valence-corrected chi connectivity index (χ1v) is 6.18. The number of halogens is 1. The summed E-state index contributed by atoms with van der Waals surface area (Å²) in [4.78, 5) is 6.06. The third kappa shape index (κ3) is 3.22. The zero-order valence-electron chi connectivity index (χ0n) is 9.96. The van der Waals surface area contributed by atoms with E-state index in [1.54, 1.807) is 12.4 Å². The molecular weight excluding hydrogens is 248 g/mol. The highest BCUT2D eigenvalue weighted by Gasteiger charge is 2.08. The molecule has 0 bridgehead atoms. The first-order valence-electron chi connectivity index (χ1n) is 5.80. The molecule has 2 aromatic rings. The second-order valence-corrected chi connectivity index (χ2v) is 4.35. The number of para-hydroxylation sites is 1. The van der Waals surface area contributed by atoms with Crippen molar-refractivity contribution >= 4 is 17.3 Å². The van der Waals surface area contributed by atoms with Gasteiger partial charge in [-0.25, -0.2) is 0 Å². The summed E-state index contributed by atoms with van der Waals surface area (Å²) in [5, 5.41) is 9.81. The van der Waals surface area contributed by atoms with Gasteiger partial charge in [-0.05, 0) is 23.8 Å². The zero-order chi connectivity index (χ0) is 12.8. The van der Waals surface area contributed by atoms with Crippen LogP contribution < -0.4 is 4.90 Å². The molecule has 4 heteroatoms. The molecule has 1 heterocycles. The van der Waals surface area contributed by atoms with Crippen LogP contribution in [0.25, 0.3) is 0 Å². The van der Waals surface area contributed by atoms with Crippen molar-refractivity contribution in [2.24, 2.45) is 0 Å². The number of benzene rings is 1. The molecule has 0 aliphatic rings. The van der Waals surface area contributed by atoms with Gasteiger partial charge in [-0.2, -0.15) is 0 Å². The van der Waals surface area contributed by atoms with Gasteiger partial charge < -0.3 is 10.0 Å². The minimum Gasteiger partial charge on any atom is -0.395 e. The lowest BCUT2D eigenvalue weighted by Gasteiger charge is -2.24. The van der Waals surface area contributed by atoms with E-state index in [2.05, 4.69) is 9.88 Å². The van der Waals surface area contributed by atoms with Crippen LogP contribution in [0.15, 0.2) is 48.8 Å². The van der Waals surface area contributed by atoms with Crippen molar-refractivity contribution in [3.05, 3.63) is 59.4 Å². The van der Waals surface area contributed by atoms with Gasteiger partial charge in [-0.1, -0.05) is 29.8 Å². The predicted molar refractivity (Wildman–Crippen MR) is 73.8 cm³/mol. The van der Waals surface area contributed by atoms with Gasteiger partial charge >= 0.3 is 0 Å². The van der Waals surface area contributed by atoms with Gasteiger partial charge in [0.05, 0.1) is 11.6 Å². The molecule has 0 aliphatic carbocycles. The third-order valence-corrected chi connectivity index (χ3v) is 3.05. The average molecular weight is 263 g/mol. The number of aliphatic hydroxyl groups excluding tert-OH is 1.